The smallest absolute Gasteiger partial charge is 0.315 e. The van der Waals surface area contributed by atoms with Crippen LogP contribution in [-0.2, 0) is 0 Å². The van der Waals surface area contributed by atoms with Crippen LogP contribution in [0.4, 0.5) is 5.69 Å². The summed E-state index contributed by atoms with van der Waals surface area (Å²) >= 11 is 0. The minimum atomic E-state index is -0.704. The zero-order valence-corrected chi connectivity index (χ0v) is 16.7. The molecule has 1 heterocycles. The lowest BCUT2D eigenvalue weighted by Crippen LogP contribution is -2.33. The Hall–Kier alpha value is -4.33. The van der Waals surface area contributed by atoms with Gasteiger partial charge in [-0.2, -0.15) is 0 Å². The third-order valence-corrected chi connectivity index (χ3v) is 4.88. The van der Waals surface area contributed by atoms with Gasteiger partial charge in [-0.05, 0) is 47.5 Å². The van der Waals surface area contributed by atoms with Gasteiger partial charge in [-0.1, -0.05) is 36.9 Å². The van der Waals surface area contributed by atoms with Crippen molar-refractivity contribution >= 4 is 29.1 Å². The summed E-state index contributed by atoms with van der Waals surface area (Å²) in [5.74, 6) is -0.583. The van der Waals surface area contributed by atoms with E-state index in [0.717, 1.165) is 10.8 Å². The van der Waals surface area contributed by atoms with Crippen LogP contribution >= 0.6 is 0 Å². The standard InChI is InChI=1S/C23H19N3O5/c1-3-31-21-12-15(11-20(22(21)27)26(29)30)10-19-14(2)24-25(23(19)28)18-9-8-16-6-4-5-7-17(16)13-18/h4-13,24,27H,2-3H2,1H3/b19-10-. The zero-order chi connectivity index (χ0) is 22.1. The maximum atomic E-state index is 13.1. The Labute approximate surface area is 176 Å². The molecule has 0 bridgehead atoms. The number of ether oxygens (including phenoxy) is 1. The largest absolute Gasteiger partial charge is 0.500 e. The molecule has 0 aliphatic rings. The van der Waals surface area contributed by atoms with Gasteiger partial charge < -0.3 is 9.84 Å². The molecular formula is C23H19N3O5. The number of nitro benzene ring substituents is 1. The maximum absolute atomic E-state index is 13.1. The Bertz CT molecular complexity index is 1480. The van der Waals surface area contributed by atoms with Gasteiger partial charge in [0, 0.05) is 6.07 Å². The number of rotatable bonds is 5. The predicted molar refractivity (Wildman–Crippen MR) is 118 cm³/mol. The summed E-state index contributed by atoms with van der Waals surface area (Å²) < 4.78 is 6.67. The fourth-order valence-electron chi connectivity index (χ4n) is 3.41. The monoisotopic (exact) mass is 417 g/mol. The van der Waals surface area contributed by atoms with Crippen molar-refractivity contribution in [1.29, 1.82) is 0 Å². The molecule has 2 N–H and O–H groups in total. The average Bonchev–Trinajstić information content (AvgIpc) is 3.03. The van der Waals surface area contributed by atoms with Crippen molar-refractivity contribution in [1.82, 2.24) is 9.78 Å². The summed E-state index contributed by atoms with van der Waals surface area (Å²) in [4.78, 5) is 23.7. The first-order valence-corrected chi connectivity index (χ1v) is 9.54. The molecule has 31 heavy (non-hydrogen) atoms. The van der Waals surface area contributed by atoms with E-state index in [9.17, 15) is 20.0 Å². The van der Waals surface area contributed by atoms with Gasteiger partial charge in [-0.25, -0.2) is 4.68 Å². The second-order valence-electron chi connectivity index (χ2n) is 6.90. The average molecular weight is 417 g/mol. The van der Waals surface area contributed by atoms with E-state index in [0.29, 0.717) is 16.6 Å². The van der Waals surface area contributed by atoms with E-state index < -0.39 is 16.4 Å². The number of H-pyrrole nitrogens is 1. The van der Waals surface area contributed by atoms with Crippen LogP contribution in [0.3, 0.4) is 0 Å². The highest BCUT2D eigenvalue weighted by atomic mass is 16.6. The van der Waals surface area contributed by atoms with E-state index in [1.807, 2.05) is 42.5 Å². The van der Waals surface area contributed by atoms with Gasteiger partial charge in [0.15, 0.2) is 5.75 Å². The number of hydrogen-bond donors (Lipinski definition) is 2. The van der Waals surface area contributed by atoms with E-state index in [4.69, 9.17) is 4.74 Å². The van der Waals surface area contributed by atoms with Gasteiger partial charge in [0.2, 0.25) is 5.75 Å². The van der Waals surface area contributed by atoms with Crippen molar-refractivity contribution < 1.29 is 14.8 Å². The van der Waals surface area contributed by atoms with Gasteiger partial charge in [0.25, 0.3) is 5.56 Å². The lowest BCUT2D eigenvalue weighted by atomic mass is 10.1. The SMILES string of the molecule is C=c1[nH]n(-c2ccc3ccccc3c2)c(=O)/c1=C\c1cc(OCC)c(O)c([N+](=O)[O-])c1. The molecule has 0 aliphatic heterocycles. The molecule has 0 spiro atoms. The van der Waals surface area contributed by atoms with Crippen molar-refractivity contribution in [3.63, 3.8) is 0 Å². The summed E-state index contributed by atoms with van der Waals surface area (Å²) in [6, 6.07) is 16.0. The normalized spacial score (nSPS) is 11.7. The van der Waals surface area contributed by atoms with E-state index in [2.05, 4.69) is 11.7 Å². The molecular weight excluding hydrogens is 398 g/mol. The lowest BCUT2D eigenvalue weighted by Gasteiger charge is -2.07. The Morgan fingerprint density at radius 1 is 1.19 bits per heavy atom. The van der Waals surface area contributed by atoms with E-state index in [1.165, 1.54) is 22.9 Å². The summed E-state index contributed by atoms with van der Waals surface area (Å²) in [5.41, 5.74) is 0.113. The van der Waals surface area contributed by atoms with Gasteiger partial charge in [0.1, 0.15) is 0 Å². The molecule has 4 aromatic rings. The maximum Gasteiger partial charge on any atom is 0.315 e. The molecule has 3 aromatic carbocycles. The molecule has 0 radical (unpaired) electrons. The van der Waals surface area contributed by atoms with Crippen LogP contribution in [0.5, 0.6) is 11.5 Å². The summed E-state index contributed by atoms with van der Waals surface area (Å²) in [5, 5.41) is 26.9. The zero-order valence-electron chi connectivity index (χ0n) is 16.7. The highest BCUT2D eigenvalue weighted by molar-refractivity contribution is 5.84. The van der Waals surface area contributed by atoms with Crippen LogP contribution in [0.2, 0.25) is 0 Å². The van der Waals surface area contributed by atoms with Crippen LogP contribution in [0, 0.1) is 10.1 Å². The topological polar surface area (TPSA) is 110 Å². The van der Waals surface area contributed by atoms with Crippen molar-refractivity contribution in [3.8, 4) is 17.2 Å². The molecule has 0 aliphatic carbocycles. The van der Waals surface area contributed by atoms with E-state index in [1.54, 1.807) is 6.92 Å². The van der Waals surface area contributed by atoms with Crippen molar-refractivity contribution in [3.05, 3.63) is 91.2 Å². The highest BCUT2D eigenvalue weighted by Gasteiger charge is 2.20. The summed E-state index contributed by atoms with van der Waals surface area (Å²) in [7, 11) is 0. The number of phenols is 1. The van der Waals surface area contributed by atoms with Crippen LogP contribution in [0.1, 0.15) is 12.5 Å². The number of aromatic nitrogens is 2. The van der Waals surface area contributed by atoms with Crippen molar-refractivity contribution in [2.75, 3.05) is 6.61 Å². The van der Waals surface area contributed by atoms with E-state index >= 15 is 0 Å². The van der Waals surface area contributed by atoms with Crippen molar-refractivity contribution in [2.24, 2.45) is 0 Å². The second-order valence-corrected chi connectivity index (χ2v) is 6.90. The van der Waals surface area contributed by atoms with Crippen molar-refractivity contribution in [2.45, 2.75) is 6.92 Å². The van der Waals surface area contributed by atoms with Crippen LogP contribution < -0.4 is 20.9 Å². The molecule has 0 fully saturated rings. The first kappa shape index (κ1) is 20.0. The molecule has 156 valence electrons. The third kappa shape index (κ3) is 3.66. The number of benzene rings is 3. The minimum absolute atomic E-state index is 0.0287. The Balaban J connectivity index is 1.88. The molecule has 0 saturated heterocycles. The van der Waals surface area contributed by atoms with Gasteiger partial charge in [-0.15, -0.1) is 0 Å². The number of aromatic amines is 1. The van der Waals surface area contributed by atoms with Crippen LogP contribution in [0.25, 0.3) is 29.1 Å². The number of fused-ring (bicyclic) bond motifs is 1. The molecule has 0 unspecified atom stereocenters. The molecule has 4 rings (SSSR count). The molecule has 8 heteroatoms. The first-order valence-electron chi connectivity index (χ1n) is 9.54. The molecule has 0 saturated carbocycles. The van der Waals surface area contributed by atoms with E-state index in [-0.39, 0.29) is 23.1 Å². The van der Waals surface area contributed by atoms with Gasteiger partial charge in [-0.3, -0.25) is 20.0 Å². The van der Waals surface area contributed by atoms with Gasteiger partial charge >= 0.3 is 5.69 Å². The Kier molecular flexibility index (Phi) is 5.04. The Morgan fingerprint density at radius 3 is 2.65 bits per heavy atom. The fourth-order valence-corrected chi connectivity index (χ4v) is 3.41. The number of hydrogen-bond acceptors (Lipinski definition) is 5. The Morgan fingerprint density at radius 2 is 1.94 bits per heavy atom. The third-order valence-electron chi connectivity index (χ3n) is 4.88. The fraction of sp³-hybridized carbons (Fsp3) is 0.0870. The quantitative estimate of drug-likeness (QED) is 0.383. The molecule has 8 nitrogen and oxygen atoms in total. The summed E-state index contributed by atoms with van der Waals surface area (Å²) in [6.45, 7) is 5.81. The number of aromatic hydroxyl groups is 1. The molecule has 1 aromatic heterocycles. The van der Waals surface area contributed by atoms with Crippen LogP contribution in [0.15, 0.2) is 59.4 Å². The number of phenolic OH excluding ortho intramolecular Hbond substituents is 1. The minimum Gasteiger partial charge on any atom is -0.500 e. The predicted octanol–water partition coefficient (Wildman–Crippen LogP) is 2.57. The molecule has 0 amide bonds. The second kappa shape index (κ2) is 7.83. The molecule has 0 atom stereocenters. The first-order chi connectivity index (χ1) is 14.9. The lowest BCUT2D eigenvalue weighted by molar-refractivity contribution is -0.386. The number of nitro groups is 1. The number of nitrogens with one attached hydrogen (secondary N) is 1. The number of nitrogens with zero attached hydrogens (tertiary/aromatic N) is 2. The van der Waals surface area contributed by atoms with Crippen LogP contribution in [-0.4, -0.2) is 26.4 Å². The summed E-state index contributed by atoms with van der Waals surface area (Å²) in [6.07, 6.45) is 1.48. The van der Waals surface area contributed by atoms with Gasteiger partial charge in [0.05, 0.1) is 27.8 Å². The highest BCUT2D eigenvalue weighted by Crippen LogP contribution is 2.37.